The Balaban J connectivity index is 1.57. The Kier molecular flexibility index (Phi) is 6.29. The van der Waals surface area contributed by atoms with E-state index < -0.39 is 6.10 Å². The number of rotatable bonds is 9. The van der Waals surface area contributed by atoms with Gasteiger partial charge in [0.2, 0.25) is 0 Å². The maximum Gasteiger partial charge on any atom is 0.138 e. The molecule has 0 saturated heterocycles. The topological polar surface area (TPSA) is 47.3 Å². The molecule has 2 aromatic carbocycles. The van der Waals surface area contributed by atoms with E-state index in [1.54, 1.807) is 0 Å². The van der Waals surface area contributed by atoms with Gasteiger partial charge in [0.05, 0.1) is 17.6 Å². The lowest BCUT2D eigenvalue weighted by Crippen LogP contribution is -2.09. The predicted molar refractivity (Wildman–Crippen MR) is 106 cm³/mol. The van der Waals surface area contributed by atoms with Crippen LogP contribution in [0.15, 0.2) is 48.5 Å². The van der Waals surface area contributed by atoms with E-state index in [0.717, 1.165) is 48.4 Å². The van der Waals surface area contributed by atoms with Crippen LogP contribution in [0, 0.1) is 0 Å². The molecule has 0 fully saturated rings. The van der Waals surface area contributed by atoms with E-state index >= 15 is 0 Å². The lowest BCUT2D eigenvalue weighted by atomic mass is 10.2. The standard InChI is InChI=1S/C22H28N2O2/c1-3-17-11-13-18(14-12-17)26-16-8-7-15-24-20-10-6-5-9-19(20)23-22(24)21(25)4-2/h5-6,9-14,21,25H,3-4,7-8,15-16H2,1-2H3. The normalized spacial score (nSPS) is 12.4. The Bertz CT molecular complexity index is 824. The molecule has 0 aliphatic heterocycles. The first kappa shape index (κ1) is 18.5. The number of hydrogen-bond acceptors (Lipinski definition) is 3. The SMILES string of the molecule is CCc1ccc(OCCCCn2c(C(O)CC)nc3ccccc32)cc1. The van der Waals surface area contributed by atoms with Crippen LogP contribution in [0.4, 0.5) is 0 Å². The molecule has 138 valence electrons. The molecule has 0 amide bonds. The molecule has 0 spiro atoms. The summed E-state index contributed by atoms with van der Waals surface area (Å²) >= 11 is 0. The quantitative estimate of drug-likeness (QED) is 0.557. The molecule has 0 aliphatic carbocycles. The van der Waals surface area contributed by atoms with Crippen molar-refractivity contribution in [2.24, 2.45) is 0 Å². The number of hydrogen-bond donors (Lipinski definition) is 1. The van der Waals surface area contributed by atoms with E-state index in [2.05, 4.69) is 34.7 Å². The van der Waals surface area contributed by atoms with Crippen LogP contribution >= 0.6 is 0 Å². The van der Waals surface area contributed by atoms with Crippen molar-refractivity contribution in [2.75, 3.05) is 6.61 Å². The fourth-order valence-electron chi connectivity index (χ4n) is 3.15. The summed E-state index contributed by atoms with van der Waals surface area (Å²) in [5.41, 5.74) is 3.36. The average Bonchev–Trinajstić information content (AvgIpc) is 3.06. The minimum atomic E-state index is -0.518. The van der Waals surface area contributed by atoms with Gasteiger partial charge in [0.1, 0.15) is 17.7 Å². The van der Waals surface area contributed by atoms with Gasteiger partial charge in [-0.05, 0) is 55.5 Å². The molecule has 1 unspecified atom stereocenters. The summed E-state index contributed by atoms with van der Waals surface area (Å²) in [4.78, 5) is 4.63. The highest BCUT2D eigenvalue weighted by Gasteiger charge is 2.16. The number of aliphatic hydroxyl groups excluding tert-OH is 1. The summed E-state index contributed by atoms with van der Waals surface area (Å²) in [6.07, 6.45) is 3.14. The molecule has 3 aromatic rings. The molecular formula is C22H28N2O2. The smallest absolute Gasteiger partial charge is 0.138 e. The van der Waals surface area contributed by atoms with E-state index in [4.69, 9.17) is 4.74 Å². The van der Waals surface area contributed by atoms with Gasteiger partial charge in [0.15, 0.2) is 0 Å². The van der Waals surface area contributed by atoms with Gasteiger partial charge in [-0.1, -0.05) is 38.1 Å². The lowest BCUT2D eigenvalue weighted by Gasteiger charge is -2.13. The third-order valence-corrected chi connectivity index (χ3v) is 4.75. The van der Waals surface area contributed by atoms with Gasteiger partial charge < -0.3 is 14.4 Å². The zero-order valence-electron chi connectivity index (χ0n) is 15.7. The zero-order chi connectivity index (χ0) is 18.4. The van der Waals surface area contributed by atoms with Crippen molar-refractivity contribution in [1.29, 1.82) is 0 Å². The van der Waals surface area contributed by atoms with Crippen molar-refractivity contribution < 1.29 is 9.84 Å². The number of imidazole rings is 1. The fourth-order valence-corrected chi connectivity index (χ4v) is 3.15. The van der Waals surface area contributed by atoms with Crippen LogP contribution in [0.25, 0.3) is 11.0 Å². The van der Waals surface area contributed by atoms with Crippen molar-refractivity contribution in [3.63, 3.8) is 0 Å². The second-order valence-corrected chi connectivity index (χ2v) is 6.59. The van der Waals surface area contributed by atoms with Crippen molar-refractivity contribution >= 4 is 11.0 Å². The summed E-state index contributed by atoms with van der Waals surface area (Å²) in [5, 5.41) is 10.3. The third kappa shape index (κ3) is 4.25. The Labute approximate surface area is 155 Å². The van der Waals surface area contributed by atoms with Crippen molar-refractivity contribution in [3.05, 3.63) is 59.9 Å². The molecule has 1 aromatic heterocycles. The van der Waals surface area contributed by atoms with Gasteiger partial charge in [-0.2, -0.15) is 0 Å². The molecule has 1 atom stereocenters. The summed E-state index contributed by atoms with van der Waals surface area (Å²) < 4.78 is 7.99. The van der Waals surface area contributed by atoms with Gasteiger partial charge in [-0.25, -0.2) is 4.98 Å². The summed E-state index contributed by atoms with van der Waals surface area (Å²) in [6.45, 7) is 5.67. The van der Waals surface area contributed by atoms with Gasteiger partial charge in [0, 0.05) is 6.54 Å². The summed E-state index contributed by atoms with van der Waals surface area (Å²) in [6, 6.07) is 16.4. The third-order valence-electron chi connectivity index (χ3n) is 4.75. The number of unbranched alkanes of at least 4 members (excludes halogenated alkanes) is 1. The molecule has 0 bridgehead atoms. The first-order chi connectivity index (χ1) is 12.7. The van der Waals surface area contributed by atoms with Crippen LogP contribution in [-0.4, -0.2) is 21.3 Å². The first-order valence-electron chi connectivity index (χ1n) is 9.58. The molecule has 0 aliphatic rings. The largest absolute Gasteiger partial charge is 0.494 e. The molecule has 0 saturated carbocycles. The van der Waals surface area contributed by atoms with Crippen LogP contribution in [0.1, 0.15) is 50.6 Å². The molecule has 26 heavy (non-hydrogen) atoms. The van der Waals surface area contributed by atoms with E-state index in [-0.39, 0.29) is 0 Å². The summed E-state index contributed by atoms with van der Waals surface area (Å²) in [7, 11) is 0. The van der Waals surface area contributed by atoms with Gasteiger partial charge in [-0.3, -0.25) is 0 Å². The highest BCUT2D eigenvalue weighted by atomic mass is 16.5. The van der Waals surface area contributed by atoms with Gasteiger partial charge in [-0.15, -0.1) is 0 Å². The molecule has 4 heteroatoms. The Morgan fingerprint density at radius 2 is 1.81 bits per heavy atom. The van der Waals surface area contributed by atoms with Crippen LogP contribution in [0.2, 0.25) is 0 Å². The molecular weight excluding hydrogens is 324 g/mol. The van der Waals surface area contributed by atoms with Crippen molar-refractivity contribution in [2.45, 2.75) is 52.2 Å². The molecule has 3 rings (SSSR count). The van der Waals surface area contributed by atoms with Crippen LogP contribution in [-0.2, 0) is 13.0 Å². The second kappa shape index (κ2) is 8.86. The monoisotopic (exact) mass is 352 g/mol. The van der Waals surface area contributed by atoms with Gasteiger partial charge >= 0.3 is 0 Å². The molecule has 4 nitrogen and oxygen atoms in total. The van der Waals surface area contributed by atoms with E-state index in [0.29, 0.717) is 13.0 Å². The number of nitrogens with zero attached hydrogens (tertiary/aromatic N) is 2. The minimum Gasteiger partial charge on any atom is -0.494 e. The number of benzene rings is 2. The summed E-state index contributed by atoms with van der Waals surface area (Å²) in [5.74, 6) is 1.70. The average molecular weight is 352 g/mol. The predicted octanol–water partition coefficient (Wildman–Crippen LogP) is 4.90. The number of aryl methyl sites for hydroxylation is 2. The maximum atomic E-state index is 10.3. The molecule has 1 heterocycles. The first-order valence-corrected chi connectivity index (χ1v) is 9.58. The maximum absolute atomic E-state index is 10.3. The van der Waals surface area contributed by atoms with E-state index in [9.17, 15) is 5.11 Å². The highest BCUT2D eigenvalue weighted by molar-refractivity contribution is 5.76. The molecule has 1 N–H and O–H groups in total. The second-order valence-electron chi connectivity index (χ2n) is 6.59. The Morgan fingerprint density at radius 1 is 1.04 bits per heavy atom. The van der Waals surface area contributed by atoms with E-state index in [1.807, 2.05) is 37.3 Å². The minimum absolute atomic E-state index is 0.518. The molecule has 0 radical (unpaired) electrons. The number of ether oxygens (including phenoxy) is 1. The number of para-hydroxylation sites is 2. The lowest BCUT2D eigenvalue weighted by molar-refractivity contribution is 0.159. The Hall–Kier alpha value is -2.33. The number of fused-ring (bicyclic) bond motifs is 1. The highest BCUT2D eigenvalue weighted by Crippen LogP contribution is 2.23. The van der Waals surface area contributed by atoms with Crippen molar-refractivity contribution in [3.8, 4) is 5.75 Å². The fraction of sp³-hybridized carbons (Fsp3) is 0.409. The number of aromatic nitrogens is 2. The zero-order valence-corrected chi connectivity index (χ0v) is 15.7. The van der Waals surface area contributed by atoms with E-state index in [1.165, 1.54) is 5.56 Å². The van der Waals surface area contributed by atoms with Crippen LogP contribution < -0.4 is 4.74 Å². The van der Waals surface area contributed by atoms with Gasteiger partial charge in [0.25, 0.3) is 0 Å². The van der Waals surface area contributed by atoms with Crippen LogP contribution in [0.3, 0.4) is 0 Å². The van der Waals surface area contributed by atoms with Crippen LogP contribution in [0.5, 0.6) is 5.75 Å². The number of aliphatic hydroxyl groups is 1. The Morgan fingerprint density at radius 3 is 2.54 bits per heavy atom. The van der Waals surface area contributed by atoms with Crippen molar-refractivity contribution in [1.82, 2.24) is 9.55 Å².